The second kappa shape index (κ2) is 8.93. The Morgan fingerprint density at radius 3 is 2.41 bits per heavy atom. The first kappa shape index (κ1) is 20.1. The first-order valence-corrected chi connectivity index (χ1v) is 8.49. The van der Waals surface area contributed by atoms with Gasteiger partial charge in [0.15, 0.2) is 12.4 Å². The lowest BCUT2D eigenvalue weighted by atomic mass is 10.1. The number of hydrogen-bond donors (Lipinski definition) is 1. The van der Waals surface area contributed by atoms with Crippen molar-refractivity contribution in [2.24, 2.45) is 7.05 Å². The average Bonchev–Trinajstić information content (AvgIpc) is 2.88. The Kier molecular flexibility index (Phi) is 6.65. The van der Waals surface area contributed by atoms with E-state index in [1.165, 1.54) is 13.0 Å². The van der Waals surface area contributed by atoms with Gasteiger partial charge in [-0.15, -0.1) is 0 Å². The van der Waals surface area contributed by atoms with Crippen LogP contribution >= 0.6 is 0 Å². The van der Waals surface area contributed by atoms with Gasteiger partial charge in [0.05, 0.1) is 5.69 Å². The zero-order valence-corrected chi connectivity index (χ0v) is 15.9. The summed E-state index contributed by atoms with van der Waals surface area (Å²) in [5.74, 6) is -1.00. The molecular formula is C20H23N3O4. The summed E-state index contributed by atoms with van der Waals surface area (Å²) in [6.45, 7) is 5.27. The third-order valence-corrected chi connectivity index (χ3v) is 4.11. The lowest BCUT2D eigenvalue weighted by molar-refractivity contribution is -0.136. The smallest absolute Gasteiger partial charge is 0.331 e. The fraction of sp³-hybridized carbons (Fsp3) is 0.300. The molecule has 0 aliphatic carbocycles. The van der Waals surface area contributed by atoms with E-state index in [1.54, 1.807) is 35.0 Å². The number of ether oxygens (including phenoxy) is 1. The predicted octanol–water partition coefficient (Wildman–Crippen LogP) is 2.11. The van der Waals surface area contributed by atoms with Crippen LogP contribution in [-0.2, 0) is 27.9 Å². The van der Waals surface area contributed by atoms with Crippen molar-refractivity contribution in [2.45, 2.75) is 27.3 Å². The van der Waals surface area contributed by atoms with Crippen LogP contribution in [0.15, 0.2) is 30.3 Å². The number of nitrogens with zero attached hydrogens (tertiary/aromatic N) is 2. The van der Waals surface area contributed by atoms with Crippen LogP contribution in [0, 0.1) is 13.8 Å². The van der Waals surface area contributed by atoms with Crippen molar-refractivity contribution in [2.75, 3.05) is 6.61 Å². The van der Waals surface area contributed by atoms with Gasteiger partial charge in [-0.25, -0.2) is 4.79 Å². The second-order valence-electron chi connectivity index (χ2n) is 6.18. The number of hydrogen-bond acceptors (Lipinski definition) is 5. The van der Waals surface area contributed by atoms with Gasteiger partial charge in [0.2, 0.25) is 5.91 Å². The average molecular weight is 369 g/mol. The molecule has 0 unspecified atom stereocenters. The number of benzene rings is 1. The van der Waals surface area contributed by atoms with E-state index in [4.69, 9.17) is 4.74 Å². The van der Waals surface area contributed by atoms with Crippen LogP contribution in [0.5, 0.6) is 0 Å². The number of aryl methyl sites for hydroxylation is 2. The number of rotatable bonds is 7. The molecule has 0 atom stereocenters. The third kappa shape index (κ3) is 5.64. The molecule has 7 nitrogen and oxygen atoms in total. The van der Waals surface area contributed by atoms with Crippen molar-refractivity contribution < 1.29 is 19.1 Å². The van der Waals surface area contributed by atoms with Crippen molar-refractivity contribution >= 4 is 23.7 Å². The van der Waals surface area contributed by atoms with E-state index in [-0.39, 0.29) is 18.3 Å². The molecule has 1 N–H and O–H groups in total. The van der Waals surface area contributed by atoms with Crippen LogP contribution in [-0.4, -0.2) is 34.0 Å². The number of Topliss-reactive ketones (excluding diaryl/α,β-unsaturated/α-hetero) is 1. The summed E-state index contributed by atoms with van der Waals surface area (Å²) in [6.07, 6.45) is 2.93. The summed E-state index contributed by atoms with van der Waals surface area (Å²) in [7, 11) is 1.83. The Bertz CT molecular complexity index is 879. The maximum atomic E-state index is 12.1. The monoisotopic (exact) mass is 369 g/mol. The summed E-state index contributed by atoms with van der Waals surface area (Å²) < 4.78 is 6.75. The topological polar surface area (TPSA) is 90.3 Å². The number of amides is 1. The molecule has 0 fully saturated rings. The standard InChI is InChI=1S/C20H23N3O4/c1-13-18(14(2)23(4)22-13)9-10-20(26)27-12-19(25)17-7-5-16(6-8-17)11-21-15(3)24/h5-10H,11-12H2,1-4H3,(H,21,24)/b10-9+. The summed E-state index contributed by atoms with van der Waals surface area (Å²) in [5.41, 5.74) is 3.93. The number of aromatic nitrogens is 2. The molecule has 0 saturated carbocycles. The Balaban J connectivity index is 1.88. The van der Waals surface area contributed by atoms with Crippen LogP contribution < -0.4 is 5.32 Å². The van der Waals surface area contributed by atoms with Crippen LogP contribution in [0.3, 0.4) is 0 Å². The van der Waals surface area contributed by atoms with E-state index in [9.17, 15) is 14.4 Å². The van der Waals surface area contributed by atoms with Crippen molar-refractivity contribution in [3.63, 3.8) is 0 Å². The van der Waals surface area contributed by atoms with Crippen LogP contribution in [0.25, 0.3) is 6.08 Å². The predicted molar refractivity (Wildman–Crippen MR) is 101 cm³/mol. The maximum Gasteiger partial charge on any atom is 0.331 e. The highest BCUT2D eigenvalue weighted by Gasteiger charge is 2.10. The van der Waals surface area contributed by atoms with Gasteiger partial charge in [-0.3, -0.25) is 14.3 Å². The van der Waals surface area contributed by atoms with E-state index < -0.39 is 5.97 Å². The molecular weight excluding hydrogens is 346 g/mol. The molecule has 142 valence electrons. The van der Waals surface area contributed by atoms with Gasteiger partial charge in [0.1, 0.15) is 0 Å². The molecule has 1 heterocycles. The lowest BCUT2D eigenvalue weighted by Gasteiger charge is -2.05. The molecule has 7 heteroatoms. The first-order chi connectivity index (χ1) is 12.8. The maximum absolute atomic E-state index is 12.1. The largest absolute Gasteiger partial charge is 0.454 e. The molecule has 0 aliphatic rings. The number of carbonyl (C=O) groups is 3. The molecule has 0 saturated heterocycles. The molecule has 2 rings (SSSR count). The zero-order chi connectivity index (χ0) is 20.0. The highest BCUT2D eigenvalue weighted by atomic mass is 16.5. The van der Waals surface area contributed by atoms with Crippen molar-refractivity contribution in [1.82, 2.24) is 15.1 Å². The number of carbonyl (C=O) groups excluding carboxylic acids is 3. The minimum absolute atomic E-state index is 0.119. The van der Waals surface area contributed by atoms with Gasteiger partial charge < -0.3 is 10.1 Å². The lowest BCUT2D eigenvalue weighted by Crippen LogP contribution is -2.19. The Morgan fingerprint density at radius 2 is 1.85 bits per heavy atom. The highest BCUT2D eigenvalue weighted by Crippen LogP contribution is 2.13. The van der Waals surface area contributed by atoms with Gasteiger partial charge in [-0.05, 0) is 25.5 Å². The minimum atomic E-state index is -0.590. The molecule has 2 aromatic rings. The SMILES string of the molecule is CC(=O)NCc1ccc(C(=O)COC(=O)/C=C/c2c(C)nn(C)c2C)cc1. The van der Waals surface area contributed by atoms with E-state index >= 15 is 0 Å². The molecule has 27 heavy (non-hydrogen) atoms. The Labute approximate surface area is 158 Å². The normalized spacial score (nSPS) is 10.8. The molecule has 0 radical (unpaired) electrons. The van der Waals surface area contributed by atoms with Crippen LogP contribution in [0.1, 0.15) is 39.8 Å². The van der Waals surface area contributed by atoms with E-state index in [1.807, 2.05) is 20.9 Å². The summed E-state index contributed by atoms with van der Waals surface area (Å²) in [4.78, 5) is 34.9. The number of nitrogens with one attached hydrogen (secondary N) is 1. The van der Waals surface area contributed by atoms with Gasteiger partial charge in [-0.2, -0.15) is 5.10 Å². The van der Waals surface area contributed by atoms with E-state index in [0.29, 0.717) is 12.1 Å². The summed E-state index contributed by atoms with van der Waals surface area (Å²) >= 11 is 0. The summed E-state index contributed by atoms with van der Waals surface area (Å²) in [6, 6.07) is 6.79. The zero-order valence-electron chi connectivity index (χ0n) is 15.9. The molecule has 1 aromatic heterocycles. The van der Waals surface area contributed by atoms with Gasteiger partial charge in [-0.1, -0.05) is 24.3 Å². The molecule has 0 spiro atoms. The van der Waals surface area contributed by atoms with E-state index in [2.05, 4.69) is 10.4 Å². The van der Waals surface area contributed by atoms with Gasteiger partial charge >= 0.3 is 5.97 Å². The quantitative estimate of drug-likeness (QED) is 0.459. The Morgan fingerprint density at radius 1 is 1.19 bits per heavy atom. The van der Waals surface area contributed by atoms with Crippen molar-refractivity contribution in [3.8, 4) is 0 Å². The van der Waals surface area contributed by atoms with Crippen LogP contribution in [0.4, 0.5) is 0 Å². The van der Waals surface area contributed by atoms with Crippen LogP contribution in [0.2, 0.25) is 0 Å². The van der Waals surface area contributed by atoms with Crippen molar-refractivity contribution in [3.05, 3.63) is 58.4 Å². The third-order valence-electron chi connectivity index (χ3n) is 4.11. The first-order valence-electron chi connectivity index (χ1n) is 8.49. The second-order valence-corrected chi connectivity index (χ2v) is 6.18. The molecule has 1 aromatic carbocycles. The van der Waals surface area contributed by atoms with Crippen molar-refractivity contribution in [1.29, 1.82) is 0 Å². The molecule has 1 amide bonds. The fourth-order valence-corrected chi connectivity index (χ4v) is 2.49. The highest BCUT2D eigenvalue weighted by molar-refractivity contribution is 5.99. The van der Waals surface area contributed by atoms with E-state index in [0.717, 1.165) is 22.5 Å². The molecule has 0 bridgehead atoms. The summed E-state index contributed by atoms with van der Waals surface area (Å²) in [5, 5.41) is 6.95. The fourth-order valence-electron chi connectivity index (χ4n) is 2.49. The minimum Gasteiger partial charge on any atom is -0.454 e. The molecule has 0 aliphatic heterocycles. The Hall–Kier alpha value is -3.22. The van der Waals surface area contributed by atoms with Gasteiger partial charge in [0, 0.05) is 43.4 Å². The number of ketones is 1. The number of esters is 1. The van der Waals surface area contributed by atoms with Gasteiger partial charge in [0.25, 0.3) is 0 Å².